The zero-order valence-electron chi connectivity index (χ0n) is 12.3. The average molecular weight is 322 g/mol. The fraction of sp³-hybridized carbons (Fsp3) is 0.333. The summed E-state index contributed by atoms with van der Waals surface area (Å²) in [6, 6.07) is 6.68. The number of carbonyl (C=O) groups excluding carboxylic acids is 2. The van der Waals surface area contributed by atoms with Gasteiger partial charge in [-0.3, -0.25) is 9.59 Å². The first-order valence-corrected chi connectivity index (χ1v) is 7.70. The number of nitrogens with one attached hydrogen (secondary N) is 2. The first-order valence-electron chi connectivity index (χ1n) is 6.82. The topological polar surface area (TPSA) is 91.6 Å². The first-order chi connectivity index (χ1) is 10.4. The third kappa shape index (κ3) is 3.55. The molecule has 2 rings (SSSR count). The summed E-state index contributed by atoms with van der Waals surface area (Å²) in [6.07, 6.45) is 1.45. The monoisotopic (exact) mass is 322 g/mol. The molecule has 0 bridgehead atoms. The Morgan fingerprint density at radius 1 is 1.32 bits per heavy atom. The molecule has 0 aromatic carbocycles. The molecule has 6 nitrogen and oxygen atoms in total. The van der Waals surface area contributed by atoms with Crippen LogP contribution in [0.15, 0.2) is 40.3 Å². The molecule has 0 aliphatic carbocycles. The molecule has 0 aliphatic rings. The predicted molar refractivity (Wildman–Crippen MR) is 82.3 cm³/mol. The van der Waals surface area contributed by atoms with Crippen LogP contribution in [0.4, 0.5) is 0 Å². The second-order valence-electron chi connectivity index (χ2n) is 5.13. The van der Waals surface area contributed by atoms with Crippen LogP contribution < -0.4 is 10.6 Å². The maximum atomic E-state index is 11.8. The van der Waals surface area contributed by atoms with Crippen LogP contribution in [0.2, 0.25) is 0 Å². The van der Waals surface area contributed by atoms with E-state index in [1.54, 1.807) is 38.1 Å². The molecule has 2 aromatic rings. The third-order valence-corrected chi connectivity index (χ3v) is 4.01. The normalized spacial score (nSPS) is 13.6. The number of carbonyl (C=O) groups is 2. The van der Waals surface area contributed by atoms with Crippen LogP contribution in [0.1, 0.15) is 24.5 Å². The van der Waals surface area contributed by atoms with Crippen LogP contribution in [0.5, 0.6) is 0 Å². The molecule has 0 radical (unpaired) electrons. The lowest BCUT2D eigenvalue weighted by Crippen LogP contribution is -2.47. The molecule has 2 amide bonds. The largest absolute Gasteiger partial charge is 0.466 e. The van der Waals surface area contributed by atoms with E-state index in [1.165, 1.54) is 17.6 Å². The van der Waals surface area contributed by atoms with E-state index in [2.05, 4.69) is 10.6 Å². The summed E-state index contributed by atoms with van der Waals surface area (Å²) in [5, 5.41) is 17.7. The van der Waals surface area contributed by atoms with Crippen LogP contribution in [0, 0.1) is 0 Å². The van der Waals surface area contributed by atoms with Gasteiger partial charge in [-0.2, -0.15) is 0 Å². The summed E-state index contributed by atoms with van der Waals surface area (Å²) in [7, 11) is 0. The highest BCUT2D eigenvalue weighted by Crippen LogP contribution is 2.32. The van der Waals surface area contributed by atoms with Crippen molar-refractivity contribution in [2.45, 2.75) is 25.5 Å². The standard InChI is InChI=1S/C15H18N2O4S/c1-10(2)17-14(19)13(18)16-9-15(20,11-5-3-7-21-11)12-6-4-8-22-12/h3-8,10,20H,9H2,1-2H3,(H,16,18)(H,17,19). The summed E-state index contributed by atoms with van der Waals surface area (Å²) in [6.45, 7) is 3.36. The molecule has 1 unspecified atom stereocenters. The Morgan fingerprint density at radius 3 is 2.64 bits per heavy atom. The van der Waals surface area contributed by atoms with E-state index in [0.29, 0.717) is 10.6 Å². The first kappa shape index (κ1) is 16.3. The molecule has 0 saturated carbocycles. The minimum Gasteiger partial charge on any atom is -0.466 e. The van der Waals surface area contributed by atoms with Crippen molar-refractivity contribution in [1.29, 1.82) is 0 Å². The van der Waals surface area contributed by atoms with Crippen LogP contribution in [0.25, 0.3) is 0 Å². The second kappa shape index (κ2) is 6.76. The molecule has 2 aromatic heterocycles. The van der Waals surface area contributed by atoms with E-state index >= 15 is 0 Å². The van der Waals surface area contributed by atoms with Crippen molar-refractivity contribution in [3.8, 4) is 0 Å². The summed E-state index contributed by atoms with van der Waals surface area (Å²) < 4.78 is 5.28. The van der Waals surface area contributed by atoms with Crippen molar-refractivity contribution in [2.24, 2.45) is 0 Å². The maximum Gasteiger partial charge on any atom is 0.309 e. The molecular weight excluding hydrogens is 304 g/mol. The van der Waals surface area contributed by atoms with Crippen LogP contribution >= 0.6 is 11.3 Å². The fourth-order valence-corrected chi connectivity index (χ4v) is 2.77. The molecule has 0 aliphatic heterocycles. The van der Waals surface area contributed by atoms with E-state index in [0.717, 1.165) is 0 Å². The summed E-state index contributed by atoms with van der Waals surface area (Å²) >= 11 is 1.34. The van der Waals surface area contributed by atoms with Gasteiger partial charge in [0.1, 0.15) is 5.76 Å². The highest BCUT2D eigenvalue weighted by Gasteiger charge is 2.36. The van der Waals surface area contributed by atoms with Gasteiger partial charge in [-0.15, -0.1) is 11.3 Å². The summed E-state index contributed by atoms with van der Waals surface area (Å²) in [5.41, 5.74) is -1.51. The number of amides is 2. The minimum atomic E-state index is -1.51. The van der Waals surface area contributed by atoms with E-state index < -0.39 is 17.4 Å². The van der Waals surface area contributed by atoms with E-state index in [1.807, 2.05) is 5.38 Å². The predicted octanol–water partition coefficient (Wildman–Crippen LogP) is 1.22. The lowest BCUT2D eigenvalue weighted by atomic mass is 9.98. The number of thiophene rings is 1. The van der Waals surface area contributed by atoms with Crippen molar-refractivity contribution >= 4 is 23.2 Å². The SMILES string of the molecule is CC(C)NC(=O)C(=O)NCC(O)(c1ccco1)c1cccs1. The molecule has 3 N–H and O–H groups in total. The highest BCUT2D eigenvalue weighted by atomic mass is 32.1. The highest BCUT2D eigenvalue weighted by molar-refractivity contribution is 7.10. The molecular formula is C15H18N2O4S. The van der Waals surface area contributed by atoms with Gasteiger partial charge in [-0.25, -0.2) is 0 Å². The van der Waals surface area contributed by atoms with Crippen molar-refractivity contribution in [1.82, 2.24) is 10.6 Å². The molecule has 0 spiro atoms. The van der Waals surface area contributed by atoms with Crippen molar-refractivity contribution in [3.63, 3.8) is 0 Å². The van der Waals surface area contributed by atoms with E-state index in [9.17, 15) is 14.7 Å². The summed E-state index contributed by atoms with van der Waals surface area (Å²) in [4.78, 5) is 24.0. The Kier molecular flexibility index (Phi) is 4.99. The van der Waals surface area contributed by atoms with Crippen molar-refractivity contribution in [2.75, 3.05) is 6.54 Å². The zero-order chi connectivity index (χ0) is 16.2. The molecule has 7 heteroatoms. The zero-order valence-corrected chi connectivity index (χ0v) is 13.1. The molecule has 2 heterocycles. The average Bonchev–Trinajstić information content (AvgIpc) is 3.15. The maximum absolute atomic E-state index is 11.8. The second-order valence-corrected chi connectivity index (χ2v) is 6.07. The lowest BCUT2D eigenvalue weighted by molar-refractivity contribution is -0.140. The Bertz CT molecular complexity index is 586. The number of aliphatic hydroxyl groups is 1. The quantitative estimate of drug-likeness (QED) is 0.722. The van der Waals surface area contributed by atoms with Gasteiger partial charge in [-0.05, 0) is 37.4 Å². The Hall–Kier alpha value is -2.12. The Balaban J connectivity index is 2.12. The number of hydrogen-bond donors (Lipinski definition) is 3. The van der Waals surface area contributed by atoms with Crippen molar-refractivity contribution < 1.29 is 19.1 Å². The number of rotatable bonds is 5. The number of furan rings is 1. The Labute approximate surface area is 132 Å². The van der Waals surface area contributed by atoms with Crippen LogP contribution in [-0.4, -0.2) is 29.5 Å². The molecule has 0 saturated heterocycles. The van der Waals surface area contributed by atoms with Gasteiger partial charge >= 0.3 is 11.8 Å². The third-order valence-electron chi connectivity index (χ3n) is 2.99. The lowest BCUT2D eigenvalue weighted by Gasteiger charge is -2.25. The van der Waals surface area contributed by atoms with Gasteiger partial charge in [0.2, 0.25) is 0 Å². The van der Waals surface area contributed by atoms with Crippen LogP contribution in [0.3, 0.4) is 0 Å². The molecule has 0 fully saturated rings. The van der Waals surface area contributed by atoms with Gasteiger partial charge in [0.15, 0.2) is 5.60 Å². The van der Waals surface area contributed by atoms with Crippen LogP contribution in [-0.2, 0) is 15.2 Å². The fourth-order valence-electron chi connectivity index (χ4n) is 1.94. The van der Waals surface area contributed by atoms with Gasteiger partial charge in [0, 0.05) is 10.9 Å². The molecule has 118 valence electrons. The smallest absolute Gasteiger partial charge is 0.309 e. The van der Waals surface area contributed by atoms with Gasteiger partial charge in [0.25, 0.3) is 0 Å². The molecule has 22 heavy (non-hydrogen) atoms. The summed E-state index contributed by atoms with van der Waals surface area (Å²) in [5.74, 6) is -1.22. The minimum absolute atomic E-state index is 0.139. The van der Waals surface area contributed by atoms with Gasteiger partial charge < -0.3 is 20.2 Å². The van der Waals surface area contributed by atoms with E-state index in [4.69, 9.17) is 4.42 Å². The van der Waals surface area contributed by atoms with E-state index in [-0.39, 0.29) is 12.6 Å². The van der Waals surface area contributed by atoms with Crippen molar-refractivity contribution in [3.05, 3.63) is 46.5 Å². The number of hydrogen-bond acceptors (Lipinski definition) is 5. The van der Waals surface area contributed by atoms with Gasteiger partial charge in [-0.1, -0.05) is 6.07 Å². The molecule has 1 atom stereocenters. The Morgan fingerprint density at radius 2 is 2.09 bits per heavy atom. The van der Waals surface area contributed by atoms with Gasteiger partial charge in [0.05, 0.1) is 12.8 Å².